The highest BCUT2D eigenvalue weighted by molar-refractivity contribution is 5.23. The molecule has 0 radical (unpaired) electrons. The van der Waals surface area contributed by atoms with Crippen molar-refractivity contribution in [2.45, 2.75) is 44.6 Å². The number of rotatable bonds is 4. The van der Waals surface area contributed by atoms with Gasteiger partial charge in [0.05, 0.1) is 0 Å². The lowest BCUT2D eigenvalue weighted by Gasteiger charge is -2.43. The van der Waals surface area contributed by atoms with Crippen LogP contribution < -0.4 is 11.1 Å². The summed E-state index contributed by atoms with van der Waals surface area (Å²) in [7, 11) is 0. The SMILES string of the molecule is O=c1[nH]cccc1CN1C[C@@H]2C[C@H](C1)c1ccc(CN3CC[C@@H](F)C3)c(=O)n1C2. The molecule has 2 fully saturated rings. The Morgan fingerprint density at radius 1 is 1.00 bits per heavy atom. The molecule has 2 aromatic heterocycles. The first kappa shape index (κ1) is 18.8. The number of hydrogen-bond acceptors (Lipinski definition) is 4. The first-order valence-electron chi connectivity index (χ1n) is 10.5. The lowest BCUT2D eigenvalue weighted by molar-refractivity contribution is 0.113. The van der Waals surface area contributed by atoms with E-state index >= 15 is 0 Å². The summed E-state index contributed by atoms with van der Waals surface area (Å²) in [4.78, 5) is 32.3. The van der Waals surface area contributed by atoms with Crippen LogP contribution in [0, 0.1) is 5.92 Å². The number of H-pyrrole nitrogens is 1. The second-order valence-electron chi connectivity index (χ2n) is 8.84. The molecule has 0 spiro atoms. The van der Waals surface area contributed by atoms with Gasteiger partial charge in [-0.2, -0.15) is 0 Å². The maximum Gasteiger partial charge on any atom is 0.255 e. The van der Waals surface area contributed by atoms with E-state index in [4.69, 9.17) is 0 Å². The molecule has 5 heterocycles. The second kappa shape index (κ2) is 7.54. The van der Waals surface area contributed by atoms with E-state index in [9.17, 15) is 14.0 Å². The molecule has 0 aliphatic carbocycles. The number of aromatic nitrogens is 2. The average molecular weight is 398 g/mol. The fraction of sp³-hybridized carbons (Fsp3) is 0.545. The molecule has 6 nitrogen and oxygen atoms in total. The van der Waals surface area contributed by atoms with Crippen LogP contribution in [0.25, 0.3) is 0 Å². The van der Waals surface area contributed by atoms with E-state index in [0.717, 1.165) is 49.4 Å². The van der Waals surface area contributed by atoms with Gasteiger partial charge in [0.15, 0.2) is 0 Å². The Labute approximate surface area is 169 Å². The lowest BCUT2D eigenvalue weighted by atomic mass is 9.83. The molecule has 5 rings (SSSR count). The summed E-state index contributed by atoms with van der Waals surface area (Å²) in [5.74, 6) is 0.730. The molecule has 154 valence electrons. The quantitative estimate of drug-likeness (QED) is 0.852. The molecule has 3 aliphatic heterocycles. The number of piperidine rings is 1. The van der Waals surface area contributed by atoms with Gasteiger partial charge in [0, 0.05) is 74.7 Å². The standard InChI is InChI=1S/C22H27FN4O2/c23-19-5-7-25(14-19)12-17-3-4-20-18-8-15(10-27(20)22(17)29)9-26(13-18)11-16-2-1-6-24-21(16)28/h1-4,6,15,18-19H,5,7-14H2,(H,24,28)/t15-,18+,19+/m0/s1. The van der Waals surface area contributed by atoms with Crippen LogP contribution in [-0.4, -0.2) is 51.7 Å². The highest BCUT2D eigenvalue weighted by Crippen LogP contribution is 2.35. The molecule has 0 unspecified atom stereocenters. The Bertz CT molecular complexity index is 1020. The first-order chi connectivity index (χ1) is 14.1. The van der Waals surface area contributed by atoms with Crippen LogP contribution in [0.5, 0.6) is 0 Å². The highest BCUT2D eigenvalue weighted by atomic mass is 19.1. The maximum atomic E-state index is 13.5. The number of nitrogens with one attached hydrogen (secondary N) is 1. The van der Waals surface area contributed by atoms with E-state index in [-0.39, 0.29) is 11.1 Å². The van der Waals surface area contributed by atoms with Gasteiger partial charge in [0.1, 0.15) is 6.17 Å². The van der Waals surface area contributed by atoms with E-state index in [0.29, 0.717) is 37.9 Å². The van der Waals surface area contributed by atoms with Crippen LogP contribution in [-0.2, 0) is 19.6 Å². The smallest absolute Gasteiger partial charge is 0.255 e. The van der Waals surface area contributed by atoms with Crippen molar-refractivity contribution in [2.24, 2.45) is 5.92 Å². The number of pyridine rings is 2. The van der Waals surface area contributed by atoms with Crippen LogP contribution >= 0.6 is 0 Å². The molecule has 3 atom stereocenters. The van der Waals surface area contributed by atoms with E-state index < -0.39 is 6.17 Å². The molecule has 2 bridgehead atoms. The molecular formula is C22H27FN4O2. The van der Waals surface area contributed by atoms with Crippen molar-refractivity contribution >= 4 is 0 Å². The van der Waals surface area contributed by atoms with Crippen molar-refractivity contribution in [3.63, 3.8) is 0 Å². The molecule has 2 aromatic rings. The molecule has 0 saturated carbocycles. The Balaban J connectivity index is 1.35. The van der Waals surface area contributed by atoms with Crippen LogP contribution in [0.1, 0.15) is 35.6 Å². The number of hydrogen-bond donors (Lipinski definition) is 1. The van der Waals surface area contributed by atoms with Crippen molar-refractivity contribution in [1.82, 2.24) is 19.4 Å². The fourth-order valence-corrected chi connectivity index (χ4v) is 5.33. The number of fused-ring (bicyclic) bond motifs is 4. The molecule has 7 heteroatoms. The van der Waals surface area contributed by atoms with E-state index in [1.807, 2.05) is 27.7 Å². The predicted octanol–water partition coefficient (Wildman–Crippen LogP) is 1.70. The van der Waals surface area contributed by atoms with Gasteiger partial charge in [0.2, 0.25) is 0 Å². The van der Waals surface area contributed by atoms with E-state index in [1.165, 1.54) is 0 Å². The number of aromatic amines is 1. The Morgan fingerprint density at radius 2 is 1.86 bits per heavy atom. The van der Waals surface area contributed by atoms with Crippen LogP contribution in [0.3, 0.4) is 0 Å². The first-order valence-corrected chi connectivity index (χ1v) is 10.5. The third-order valence-electron chi connectivity index (χ3n) is 6.66. The monoisotopic (exact) mass is 398 g/mol. The Morgan fingerprint density at radius 3 is 2.66 bits per heavy atom. The summed E-state index contributed by atoms with van der Waals surface area (Å²) in [5.41, 5.74) is 2.73. The van der Waals surface area contributed by atoms with Crippen molar-refractivity contribution in [1.29, 1.82) is 0 Å². The number of halogens is 1. The highest BCUT2D eigenvalue weighted by Gasteiger charge is 2.35. The summed E-state index contributed by atoms with van der Waals surface area (Å²) >= 11 is 0. The summed E-state index contributed by atoms with van der Waals surface area (Å²) in [6.07, 6.45) is 2.55. The van der Waals surface area contributed by atoms with Crippen LogP contribution in [0.4, 0.5) is 4.39 Å². The van der Waals surface area contributed by atoms with Gasteiger partial charge >= 0.3 is 0 Å². The molecule has 29 heavy (non-hydrogen) atoms. The van der Waals surface area contributed by atoms with E-state index in [1.54, 1.807) is 6.20 Å². The normalized spacial score (nSPS) is 27.1. The Hall–Kier alpha value is -2.25. The molecule has 0 amide bonds. The van der Waals surface area contributed by atoms with Gasteiger partial charge < -0.3 is 9.55 Å². The molecular weight excluding hydrogens is 371 g/mol. The Kier molecular flexibility index (Phi) is 4.87. The van der Waals surface area contributed by atoms with Gasteiger partial charge in [-0.05, 0) is 30.9 Å². The minimum absolute atomic E-state index is 0.0260. The zero-order valence-corrected chi connectivity index (χ0v) is 16.5. The van der Waals surface area contributed by atoms with Gasteiger partial charge in [-0.3, -0.25) is 19.4 Å². The molecule has 2 saturated heterocycles. The van der Waals surface area contributed by atoms with Gasteiger partial charge in [-0.1, -0.05) is 12.1 Å². The fourth-order valence-electron chi connectivity index (χ4n) is 5.33. The third kappa shape index (κ3) is 3.69. The summed E-state index contributed by atoms with van der Waals surface area (Å²) < 4.78 is 15.4. The third-order valence-corrected chi connectivity index (χ3v) is 6.66. The summed E-state index contributed by atoms with van der Waals surface area (Å²) in [5, 5.41) is 0. The maximum absolute atomic E-state index is 13.5. The van der Waals surface area contributed by atoms with Gasteiger partial charge in [-0.25, -0.2) is 4.39 Å². The minimum atomic E-state index is -0.766. The van der Waals surface area contributed by atoms with Crippen molar-refractivity contribution in [3.05, 3.63) is 68.0 Å². The van der Waals surface area contributed by atoms with Gasteiger partial charge in [0.25, 0.3) is 11.1 Å². The summed E-state index contributed by atoms with van der Waals surface area (Å²) in [6.45, 7) is 4.82. The topological polar surface area (TPSA) is 61.3 Å². The van der Waals surface area contributed by atoms with Crippen LogP contribution in [0.15, 0.2) is 40.1 Å². The largest absolute Gasteiger partial charge is 0.329 e. The van der Waals surface area contributed by atoms with E-state index in [2.05, 4.69) is 16.0 Å². The number of alkyl halides is 1. The molecule has 3 aliphatic rings. The van der Waals surface area contributed by atoms with Gasteiger partial charge in [-0.15, -0.1) is 0 Å². The minimum Gasteiger partial charge on any atom is -0.329 e. The predicted molar refractivity (Wildman–Crippen MR) is 109 cm³/mol. The number of likely N-dealkylation sites (tertiary alicyclic amines) is 2. The van der Waals surface area contributed by atoms with Crippen molar-refractivity contribution < 1.29 is 4.39 Å². The summed E-state index contributed by atoms with van der Waals surface area (Å²) in [6, 6.07) is 7.79. The van der Waals surface area contributed by atoms with Crippen molar-refractivity contribution in [3.8, 4) is 0 Å². The second-order valence-corrected chi connectivity index (χ2v) is 8.84. The molecule has 1 N–H and O–H groups in total. The van der Waals surface area contributed by atoms with Crippen molar-refractivity contribution in [2.75, 3.05) is 26.2 Å². The molecule has 0 aromatic carbocycles. The zero-order valence-electron chi connectivity index (χ0n) is 16.5. The lowest BCUT2D eigenvalue weighted by Crippen LogP contribution is -2.47. The van der Waals surface area contributed by atoms with Crippen LogP contribution in [0.2, 0.25) is 0 Å². The number of nitrogens with zero attached hydrogens (tertiary/aromatic N) is 3. The average Bonchev–Trinajstić information content (AvgIpc) is 3.11. The zero-order chi connectivity index (χ0) is 20.0.